The van der Waals surface area contributed by atoms with Crippen molar-refractivity contribution in [2.75, 3.05) is 10.6 Å². The maximum atomic E-state index is 4.52. The van der Waals surface area contributed by atoms with Gasteiger partial charge in [-0.3, -0.25) is 4.98 Å². The van der Waals surface area contributed by atoms with Crippen LogP contribution in [0.25, 0.3) is 0 Å². The average molecular weight is 334 g/mol. The van der Waals surface area contributed by atoms with E-state index in [-0.39, 0.29) is 0 Å². The highest BCUT2D eigenvalue weighted by atomic mass is 15.3. The van der Waals surface area contributed by atoms with Gasteiger partial charge in [0.1, 0.15) is 0 Å². The molecule has 0 spiro atoms. The second kappa shape index (κ2) is 8.19. The molecule has 0 radical (unpaired) electrons. The molecule has 0 amide bonds. The van der Waals surface area contributed by atoms with Gasteiger partial charge in [0, 0.05) is 24.6 Å². The number of anilines is 3. The Morgan fingerprint density at radius 3 is 2.36 bits per heavy atom. The normalized spacial score (nSPS) is 10.5. The van der Waals surface area contributed by atoms with Gasteiger partial charge < -0.3 is 10.6 Å². The van der Waals surface area contributed by atoms with Crippen molar-refractivity contribution in [2.24, 2.45) is 0 Å². The topological polar surface area (TPSA) is 75.6 Å². The Labute approximate surface area is 147 Å². The molecular weight excluding hydrogens is 312 g/mol. The summed E-state index contributed by atoms with van der Waals surface area (Å²) in [6, 6.07) is 10.3. The lowest BCUT2D eigenvalue weighted by molar-refractivity contribution is 0.960. The van der Waals surface area contributed by atoms with Crippen molar-refractivity contribution in [3.05, 3.63) is 65.6 Å². The van der Waals surface area contributed by atoms with Crippen LogP contribution in [0.1, 0.15) is 30.5 Å². The number of nitrogens with one attached hydrogen (secondary N) is 2. The first-order valence-corrected chi connectivity index (χ1v) is 8.50. The number of rotatable bonds is 7. The molecule has 0 saturated carbocycles. The molecule has 6 nitrogen and oxygen atoms in total. The number of benzene rings is 1. The average Bonchev–Trinajstić information content (AvgIpc) is 2.67. The third kappa shape index (κ3) is 4.29. The molecule has 0 aliphatic heterocycles. The fraction of sp³-hybridized carbons (Fsp3) is 0.263. The number of aromatic nitrogens is 4. The zero-order valence-electron chi connectivity index (χ0n) is 14.5. The number of hydrogen-bond donors (Lipinski definition) is 2. The fourth-order valence-corrected chi connectivity index (χ4v) is 2.65. The van der Waals surface area contributed by atoms with Gasteiger partial charge in [-0.15, -0.1) is 5.10 Å². The summed E-state index contributed by atoms with van der Waals surface area (Å²) >= 11 is 0. The van der Waals surface area contributed by atoms with Crippen molar-refractivity contribution in [3.8, 4) is 0 Å². The molecule has 3 aromatic rings. The van der Waals surface area contributed by atoms with Crippen molar-refractivity contribution in [3.63, 3.8) is 0 Å². The Morgan fingerprint density at radius 1 is 0.960 bits per heavy atom. The molecule has 2 aromatic heterocycles. The Kier molecular flexibility index (Phi) is 5.51. The van der Waals surface area contributed by atoms with Crippen molar-refractivity contribution in [1.29, 1.82) is 0 Å². The van der Waals surface area contributed by atoms with Crippen molar-refractivity contribution in [1.82, 2.24) is 20.2 Å². The molecule has 0 aliphatic rings. The lowest BCUT2D eigenvalue weighted by atomic mass is 10.0. The van der Waals surface area contributed by atoms with E-state index >= 15 is 0 Å². The summed E-state index contributed by atoms with van der Waals surface area (Å²) in [7, 11) is 0. The SMILES string of the molecule is CCc1cccc(CC)c1Nc1nncc(NCc2ccncc2)n1. The molecule has 0 fully saturated rings. The van der Waals surface area contributed by atoms with Crippen LogP contribution >= 0.6 is 0 Å². The molecule has 0 unspecified atom stereocenters. The quantitative estimate of drug-likeness (QED) is 0.685. The third-order valence-corrected chi connectivity index (χ3v) is 4.02. The highest BCUT2D eigenvalue weighted by Gasteiger charge is 2.09. The van der Waals surface area contributed by atoms with Gasteiger partial charge in [-0.1, -0.05) is 32.0 Å². The lowest BCUT2D eigenvalue weighted by Crippen LogP contribution is -2.07. The molecule has 25 heavy (non-hydrogen) atoms. The molecule has 0 atom stereocenters. The smallest absolute Gasteiger partial charge is 0.249 e. The molecule has 6 heteroatoms. The second-order valence-electron chi connectivity index (χ2n) is 5.66. The molecule has 1 aromatic carbocycles. The van der Waals surface area contributed by atoms with Crippen LogP contribution in [0.15, 0.2) is 48.9 Å². The van der Waals surface area contributed by atoms with Crippen LogP contribution in [-0.2, 0) is 19.4 Å². The molecule has 3 rings (SSSR count). The zero-order chi connectivity index (χ0) is 17.5. The summed E-state index contributed by atoms with van der Waals surface area (Å²) in [6.07, 6.45) is 7.07. The van der Waals surface area contributed by atoms with E-state index in [1.165, 1.54) is 11.1 Å². The van der Waals surface area contributed by atoms with Gasteiger partial charge in [-0.25, -0.2) is 0 Å². The van der Waals surface area contributed by atoms with Crippen LogP contribution in [-0.4, -0.2) is 20.2 Å². The maximum Gasteiger partial charge on any atom is 0.249 e. The van der Waals surface area contributed by atoms with E-state index < -0.39 is 0 Å². The van der Waals surface area contributed by atoms with Crippen LogP contribution < -0.4 is 10.6 Å². The number of hydrogen-bond acceptors (Lipinski definition) is 6. The van der Waals surface area contributed by atoms with E-state index in [9.17, 15) is 0 Å². The van der Waals surface area contributed by atoms with Gasteiger partial charge in [0.15, 0.2) is 5.82 Å². The number of nitrogens with zero attached hydrogens (tertiary/aromatic N) is 4. The molecule has 0 saturated heterocycles. The standard InChI is InChI=1S/C19H22N6/c1-3-15-6-5-7-16(4-2)18(15)24-19-23-17(13-22-25-19)21-12-14-8-10-20-11-9-14/h5-11,13H,3-4,12H2,1-2H3,(H2,21,23,24,25). The number of pyridine rings is 1. The zero-order valence-corrected chi connectivity index (χ0v) is 14.5. The van der Waals surface area contributed by atoms with Crippen molar-refractivity contribution >= 4 is 17.5 Å². The van der Waals surface area contributed by atoms with Gasteiger partial charge >= 0.3 is 0 Å². The van der Waals surface area contributed by atoms with Crippen LogP contribution in [0.5, 0.6) is 0 Å². The Bertz CT molecular complexity index is 797. The predicted molar refractivity (Wildman–Crippen MR) is 99.9 cm³/mol. The first-order chi connectivity index (χ1) is 12.3. The summed E-state index contributed by atoms with van der Waals surface area (Å²) in [5.41, 5.74) is 4.71. The first-order valence-electron chi connectivity index (χ1n) is 8.50. The Balaban J connectivity index is 1.76. The highest BCUT2D eigenvalue weighted by molar-refractivity contribution is 5.64. The van der Waals surface area contributed by atoms with E-state index in [2.05, 4.69) is 62.8 Å². The minimum atomic E-state index is 0.496. The van der Waals surface area contributed by atoms with E-state index in [0.29, 0.717) is 18.3 Å². The Hall–Kier alpha value is -3.02. The molecule has 2 heterocycles. The minimum Gasteiger partial charge on any atom is -0.365 e. The van der Waals surface area contributed by atoms with Crippen LogP contribution in [0.4, 0.5) is 17.5 Å². The van der Waals surface area contributed by atoms with E-state index in [1.54, 1.807) is 18.6 Å². The largest absolute Gasteiger partial charge is 0.365 e. The predicted octanol–water partition coefficient (Wildman–Crippen LogP) is 3.75. The summed E-state index contributed by atoms with van der Waals surface area (Å²) < 4.78 is 0. The van der Waals surface area contributed by atoms with Crippen LogP contribution in [0.2, 0.25) is 0 Å². The van der Waals surface area contributed by atoms with Gasteiger partial charge in [0.2, 0.25) is 5.95 Å². The van der Waals surface area contributed by atoms with E-state index in [1.807, 2.05) is 12.1 Å². The minimum absolute atomic E-state index is 0.496. The third-order valence-electron chi connectivity index (χ3n) is 4.02. The van der Waals surface area contributed by atoms with Crippen LogP contribution in [0.3, 0.4) is 0 Å². The monoisotopic (exact) mass is 334 g/mol. The molecule has 0 aliphatic carbocycles. The van der Waals surface area contributed by atoms with Gasteiger partial charge in [-0.05, 0) is 41.7 Å². The summed E-state index contributed by atoms with van der Waals surface area (Å²) in [5.74, 6) is 1.18. The lowest BCUT2D eigenvalue weighted by Gasteiger charge is -2.14. The van der Waals surface area contributed by atoms with Crippen LogP contribution in [0, 0.1) is 0 Å². The summed E-state index contributed by atoms with van der Waals surface area (Å²) in [4.78, 5) is 8.54. The van der Waals surface area contributed by atoms with Crippen molar-refractivity contribution < 1.29 is 0 Å². The summed E-state index contributed by atoms with van der Waals surface area (Å²) in [6.45, 7) is 4.95. The molecule has 2 N–H and O–H groups in total. The second-order valence-corrected chi connectivity index (χ2v) is 5.66. The molecule has 128 valence electrons. The van der Waals surface area contributed by atoms with Gasteiger partial charge in [-0.2, -0.15) is 10.1 Å². The number of aryl methyl sites for hydroxylation is 2. The number of para-hydroxylation sites is 1. The van der Waals surface area contributed by atoms with Gasteiger partial charge in [0.25, 0.3) is 0 Å². The maximum absolute atomic E-state index is 4.52. The van der Waals surface area contributed by atoms with E-state index in [4.69, 9.17) is 0 Å². The molecule has 0 bridgehead atoms. The highest BCUT2D eigenvalue weighted by Crippen LogP contribution is 2.25. The molecular formula is C19H22N6. The fourth-order valence-electron chi connectivity index (χ4n) is 2.65. The summed E-state index contributed by atoms with van der Waals surface area (Å²) in [5, 5.41) is 14.8. The van der Waals surface area contributed by atoms with E-state index in [0.717, 1.165) is 24.1 Å². The first kappa shape index (κ1) is 16.8. The van der Waals surface area contributed by atoms with Crippen molar-refractivity contribution in [2.45, 2.75) is 33.2 Å². The van der Waals surface area contributed by atoms with Gasteiger partial charge in [0.05, 0.1) is 6.20 Å². The Morgan fingerprint density at radius 2 is 1.68 bits per heavy atom.